The number of aromatic nitrogens is 2. The lowest BCUT2D eigenvalue weighted by Crippen LogP contribution is -2.14. The van der Waals surface area contributed by atoms with E-state index in [9.17, 15) is 18.5 Å². The molecule has 0 radical (unpaired) electrons. The summed E-state index contributed by atoms with van der Waals surface area (Å²) in [5, 5.41) is 19.3. The monoisotopic (exact) mass is 427 g/mol. The van der Waals surface area contributed by atoms with Crippen LogP contribution < -0.4 is 10.5 Å². The van der Waals surface area contributed by atoms with Crippen LogP contribution in [0, 0.1) is 10.1 Å². The van der Waals surface area contributed by atoms with Crippen LogP contribution in [0.2, 0.25) is 0 Å². The number of nitro groups is 1. The second-order valence-electron chi connectivity index (χ2n) is 6.71. The van der Waals surface area contributed by atoms with Crippen LogP contribution >= 0.6 is 0 Å². The quantitative estimate of drug-likeness (QED) is 0.434. The summed E-state index contributed by atoms with van der Waals surface area (Å²) < 4.78 is 23.2. The van der Waals surface area contributed by atoms with Crippen LogP contribution in [0.1, 0.15) is 31.1 Å². The van der Waals surface area contributed by atoms with Crippen molar-refractivity contribution in [1.29, 1.82) is 0 Å². The highest BCUT2D eigenvalue weighted by Crippen LogP contribution is 2.24. The molecule has 0 aliphatic carbocycles. The molecule has 0 bridgehead atoms. The van der Waals surface area contributed by atoms with Crippen molar-refractivity contribution in [2.75, 3.05) is 5.32 Å². The molecule has 30 heavy (non-hydrogen) atoms. The molecule has 0 saturated carbocycles. The highest BCUT2D eigenvalue weighted by Gasteiger charge is 2.14. The van der Waals surface area contributed by atoms with Crippen molar-refractivity contribution in [2.45, 2.75) is 31.2 Å². The van der Waals surface area contributed by atoms with Gasteiger partial charge in [0.15, 0.2) is 5.82 Å². The van der Waals surface area contributed by atoms with Crippen LogP contribution in [0.5, 0.6) is 0 Å². The van der Waals surface area contributed by atoms with E-state index < -0.39 is 14.9 Å². The number of nitrogens with two attached hydrogens (primary N) is 1. The maximum Gasteiger partial charge on any atom is 0.269 e. The molecule has 0 aliphatic rings. The topological polar surface area (TPSA) is 141 Å². The molecular weight excluding hydrogens is 406 g/mol. The fourth-order valence-electron chi connectivity index (χ4n) is 2.88. The molecule has 156 valence electrons. The fraction of sp³-hybridized carbons (Fsp3) is 0.200. The Labute approximate surface area is 174 Å². The van der Waals surface area contributed by atoms with Crippen LogP contribution in [0.15, 0.2) is 59.5 Å². The predicted octanol–water partition coefficient (Wildman–Crippen LogP) is 3.43. The van der Waals surface area contributed by atoms with Gasteiger partial charge in [-0.25, -0.2) is 23.5 Å². The molecule has 0 aliphatic heterocycles. The molecule has 3 rings (SSSR count). The lowest BCUT2D eigenvalue weighted by atomic mass is 10.1. The van der Waals surface area contributed by atoms with E-state index in [1.165, 1.54) is 24.3 Å². The first kappa shape index (κ1) is 21.3. The molecule has 10 heteroatoms. The maximum atomic E-state index is 11.6. The number of anilines is 1. The van der Waals surface area contributed by atoms with Crippen molar-refractivity contribution in [1.82, 2.24) is 9.97 Å². The Morgan fingerprint density at radius 3 is 2.43 bits per heavy atom. The lowest BCUT2D eigenvalue weighted by Gasteiger charge is -2.17. The van der Waals surface area contributed by atoms with Crippen molar-refractivity contribution in [2.24, 2.45) is 5.14 Å². The second kappa shape index (κ2) is 8.56. The summed E-state index contributed by atoms with van der Waals surface area (Å²) in [6.07, 6.45) is 0.673. The number of non-ortho nitro benzene ring substituents is 1. The van der Waals surface area contributed by atoms with Crippen LogP contribution in [-0.2, 0) is 16.4 Å². The Morgan fingerprint density at radius 1 is 1.13 bits per heavy atom. The summed E-state index contributed by atoms with van der Waals surface area (Å²) >= 11 is 0. The van der Waals surface area contributed by atoms with Gasteiger partial charge in [-0.2, -0.15) is 0 Å². The van der Waals surface area contributed by atoms with Crippen molar-refractivity contribution < 1.29 is 13.3 Å². The normalized spacial score (nSPS) is 12.4. The Hall–Kier alpha value is -3.37. The van der Waals surface area contributed by atoms with E-state index in [-0.39, 0.29) is 16.6 Å². The summed E-state index contributed by atoms with van der Waals surface area (Å²) in [6.45, 7) is 3.84. The van der Waals surface area contributed by atoms with Crippen LogP contribution in [0.25, 0.3) is 11.4 Å². The SMILES string of the molecule is CCc1cc(NC(C)c2cccc(S(N)(=O)=O)c2)nc(-c2ccc([N+](=O)[O-])cc2)n1. The number of nitrogens with one attached hydrogen (secondary N) is 1. The first-order chi connectivity index (χ1) is 14.2. The van der Waals surface area contributed by atoms with Gasteiger partial charge in [0.25, 0.3) is 5.69 Å². The number of aryl methyl sites for hydroxylation is 1. The number of nitrogens with zero attached hydrogens (tertiary/aromatic N) is 3. The average Bonchev–Trinajstić information content (AvgIpc) is 2.73. The van der Waals surface area contributed by atoms with E-state index in [0.29, 0.717) is 23.6 Å². The van der Waals surface area contributed by atoms with Gasteiger partial charge < -0.3 is 5.32 Å². The molecule has 1 atom stereocenters. The van der Waals surface area contributed by atoms with Crippen molar-refractivity contribution in [3.8, 4) is 11.4 Å². The van der Waals surface area contributed by atoms with Gasteiger partial charge in [-0.15, -0.1) is 0 Å². The minimum absolute atomic E-state index is 0.00731. The van der Waals surface area contributed by atoms with Gasteiger partial charge in [-0.05, 0) is 43.2 Å². The Bertz CT molecular complexity index is 1180. The standard InChI is InChI=1S/C20H21N5O4S/c1-3-16-12-19(22-13(2)15-5-4-6-18(11-15)30(21,28)29)24-20(23-16)14-7-9-17(10-8-14)25(26)27/h4-13H,3H2,1-2H3,(H2,21,28,29)(H,22,23,24). The van der Waals surface area contributed by atoms with E-state index in [0.717, 1.165) is 11.3 Å². The third-order valence-corrected chi connectivity index (χ3v) is 5.44. The van der Waals surface area contributed by atoms with E-state index in [2.05, 4.69) is 15.3 Å². The first-order valence-electron chi connectivity index (χ1n) is 9.19. The molecule has 1 heterocycles. The molecule has 3 N–H and O–H groups in total. The minimum Gasteiger partial charge on any atom is -0.363 e. The Morgan fingerprint density at radius 2 is 1.83 bits per heavy atom. The number of primary sulfonamides is 1. The summed E-state index contributed by atoms with van der Waals surface area (Å²) in [4.78, 5) is 19.5. The zero-order valence-electron chi connectivity index (χ0n) is 16.4. The molecule has 3 aromatic rings. The molecule has 0 spiro atoms. The minimum atomic E-state index is -3.80. The number of sulfonamides is 1. The first-order valence-corrected chi connectivity index (χ1v) is 10.7. The van der Waals surface area contributed by atoms with Gasteiger partial charge in [0.1, 0.15) is 5.82 Å². The van der Waals surface area contributed by atoms with Gasteiger partial charge >= 0.3 is 0 Å². The maximum absolute atomic E-state index is 11.6. The third-order valence-electron chi connectivity index (χ3n) is 4.53. The lowest BCUT2D eigenvalue weighted by molar-refractivity contribution is -0.384. The van der Waals surface area contributed by atoms with Crippen molar-refractivity contribution >= 4 is 21.5 Å². The van der Waals surface area contributed by atoms with E-state index in [1.54, 1.807) is 24.3 Å². The zero-order valence-corrected chi connectivity index (χ0v) is 17.3. The molecular formula is C20H21N5O4S. The average molecular weight is 427 g/mol. The summed E-state index contributed by atoms with van der Waals surface area (Å²) in [6, 6.07) is 14.0. The van der Waals surface area contributed by atoms with Gasteiger partial charge in [0, 0.05) is 35.5 Å². The molecule has 0 fully saturated rings. The molecule has 1 unspecified atom stereocenters. The Balaban J connectivity index is 1.91. The number of nitro benzene ring substituents is 1. The summed E-state index contributed by atoms with van der Waals surface area (Å²) in [7, 11) is -3.80. The summed E-state index contributed by atoms with van der Waals surface area (Å²) in [5.41, 5.74) is 2.18. The van der Waals surface area contributed by atoms with Crippen LogP contribution in [-0.4, -0.2) is 23.3 Å². The number of hydrogen-bond donors (Lipinski definition) is 2. The van der Waals surface area contributed by atoms with E-state index >= 15 is 0 Å². The zero-order chi connectivity index (χ0) is 21.9. The highest BCUT2D eigenvalue weighted by molar-refractivity contribution is 7.89. The van der Waals surface area contributed by atoms with Crippen molar-refractivity contribution in [3.05, 3.63) is 76.0 Å². The van der Waals surface area contributed by atoms with Gasteiger partial charge in [0.2, 0.25) is 10.0 Å². The molecule has 0 amide bonds. The molecule has 1 aromatic heterocycles. The van der Waals surface area contributed by atoms with Gasteiger partial charge in [-0.1, -0.05) is 19.1 Å². The van der Waals surface area contributed by atoms with Crippen LogP contribution in [0.3, 0.4) is 0 Å². The second-order valence-corrected chi connectivity index (χ2v) is 8.27. The molecule has 2 aromatic carbocycles. The number of benzene rings is 2. The third kappa shape index (κ3) is 4.97. The molecule has 9 nitrogen and oxygen atoms in total. The smallest absolute Gasteiger partial charge is 0.269 e. The highest BCUT2D eigenvalue weighted by atomic mass is 32.2. The van der Waals surface area contributed by atoms with Gasteiger partial charge in [-0.3, -0.25) is 10.1 Å². The molecule has 0 saturated heterocycles. The summed E-state index contributed by atoms with van der Waals surface area (Å²) in [5.74, 6) is 1.00. The number of rotatable bonds is 7. The van der Waals surface area contributed by atoms with Crippen LogP contribution in [0.4, 0.5) is 11.5 Å². The largest absolute Gasteiger partial charge is 0.363 e. The predicted molar refractivity (Wildman–Crippen MR) is 113 cm³/mol. The Kier molecular flexibility index (Phi) is 6.09. The van der Waals surface area contributed by atoms with Gasteiger partial charge in [0.05, 0.1) is 9.82 Å². The van der Waals surface area contributed by atoms with Crippen molar-refractivity contribution in [3.63, 3.8) is 0 Å². The fourth-order valence-corrected chi connectivity index (χ4v) is 3.45. The van der Waals surface area contributed by atoms with E-state index in [4.69, 9.17) is 5.14 Å². The number of hydrogen-bond acceptors (Lipinski definition) is 7. The van der Waals surface area contributed by atoms with E-state index in [1.807, 2.05) is 19.9 Å².